The average molecular weight is 390 g/mol. The van der Waals surface area contributed by atoms with E-state index in [0.29, 0.717) is 11.3 Å². The first-order chi connectivity index (χ1) is 14.0. The monoisotopic (exact) mass is 390 g/mol. The molecule has 0 aliphatic heterocycles. The predicted molar refractivity (Wildman–Crippen MR) is 113 cm³/mol. The Hall–Kier alpha value is -3.67. The Morgan fingerprint density at radius 1 is 1.07 bits per heavy atom. The summed E-state index contributed by atoms with van der Waals surface area (Å²) in [7, 11) is 1.60. The number of benzene rings is 3. The van der Waals surface area contributed by atoms with Gasteiger partial charge in [-0.15, -0.1) is 0 Å². The van der Waals surface area contributed by atoms with Crippen molar-refractivity contribution in [2.24, 2.45) is 0 Å². The molecule has 0 heterocycles. The number of hydrogen-bond donors (Lipinski definition) is 1. The Labute approximate surface area is 169 Å². The molecule has 0 fully saturated rings. The molecular formula is C23H22N2O4. The quantitative estimate of drug-likeness (QED) is 0.319. The summed E-state index contributed by atoms with van der Waals surface area (Å²) in [5.74, 6) is 0.747. The van der Waals surface area contributed by atoms with Crippen LogP contribution in [0.1, 0.15) is 33.9 Å². The SMILES string of the molecule is COc1ccc(C(CC(=O)c2cccc(C)c2)Nc2ccc([N+](=O)[O-])cc2)cc1. The van der Waals surface area contributed by atoms with Crippen LogP contribution in [-0.4, -0.2) is 17.8 Å². The molecule has 1 atom stereocenters. The number of aryl methyl sites for hydroxylation is 1. The molecular weight excluding hydrogens is 368 g/mol. The third-order valence-corrected chi connectivity index (χ3v) is 4.67. The molecule has 3 aromatic rings. The fourth-order valence-electron chi connectivity index (χ4n) is 3.09. The topological polar surface area (TPSA) is 81.5 Å². The van der Waals surface area contributed by atoms with E-state index >= 15 is 0 Å². The molecule has 148 valence electrons. The van der Waals surface area contributed by atoms with Crippen molar-refractivity contribution >= 4 is 17.2 Å². The number of nitrogens with one attached hydrogen (secondary N) is 1. The summed E-state index contributed by atoms with van der Waals surface area (Å²) in [6.45, 7) is 1.95. The Balaban J connectivity index is 1.86. The van der Waals surface area contributed by atoms with Crippen LogP contribution in [0.5, 0.6) is 5.75 Å². The summed E-state index contributed by atoms with van der Waals surface area (Å²) in [6, 6.07) is 20.9. The third kappa shape index (κ3) is 5.19. The first-order valence-electron chi connectivity index (χ1n) is 9.21. The highest BCUT2D eigenvalue weighted by atomic mass is 16.6. The predicted octanol–water partition coefficient (Wildman–Crippen LogP) is 5.34. The van der Waals surface area contributed by atoms with Crippen molar-refractivity contribution in [3.8, 4) is 5.75 Å². The number of carbonyl (C=O) groups is 1. The third-order valence-electron chi connectivity index (χ3n) is 4.67. The number of nitro benzene ring substituents is 1. The van der Waals surface area contributed by atoms with E-state index in [0.717, 1.165) is 16.9 Å². The van der Waals surface area contributed by atoms with Gasteiger partial charge in [-0.2, -0.15) is 0 Å². The van der Waals surface area contributed by atoms with Gasteiger partial charge < -0.3 is 10.1 Å². The van der Waals surface area contributed by atoms with Gasteiger partial charge in [0.05, 0.1) is 18.1 Å². The maximum absolute atomic E-state index is 12.9. The number of rotatable bonds is 8. The second-order valence-corrected chi connectivity index (χ2v) is 6.77. The lowest BCUT2D eigenvalue weighted by Crippen LogP contribution is -2.16. The fraction of sp³-hybridized carbons (Fsp3) is 0.174. The van der Waals surface area contributed by atoms with Gasteiger partial charge >= 0.3 is 0 Å². The molecule has 0 saturated carbocycles. The molecule has 0 aliphatic rings. The van der Waals surface area contributed by atoms with Crippen molar-refractivity contribution in [1.82, 2.24) is 0 Å². The summed E-state index contributed by atoms with van der Waals surface area (Å²) in [5.41, 5.74) is 3.33. The van der Waals surface area contributed by atoms with E-state index in [-0.39, 0.29) is 23.9 Å². The standard InChI is InChI=1S/C23H22N2O4/c1-16-4-3-5-18(14-16)23(26)15-22(17-6-12-21(29-2)13-7-17)24-19-8-10-20(11-9-19)25(27)28/h3-14,22,24H,15H2,1-2H3. The molecule has 3 rings (SSSR count). The number of methoxy groups -OCH3 is 1. The highest BCUT2D eigenvalue weighted by Gasteiger charge is 2.18. The second-order valence-electron chi connectivity index (χ2n) is 6.77. The van der Waals surface area contributed by atoms with Crippen LogP contribution < -0.4 is 10.1 Å². The van der Waals surface area contributed by atoms with E-state index in [2.05, 4.69) is 5.32 Å². The zero-order chi connectivity index (χ0) is 20.8. The van der Waals surface area contributed by atoms with E-state index in [4.69, 9.17) is 4.74 Å². The Kier molecular flexibility index (Phi) is 6.24. The van der Waals surface area contributed by atoms with Crippen LogP contribution in [-0.2, 0) is 0 Å². The largest absolute Gasteiger partial charge is 0.497 e. The van der Waals surface area contributed by atoms with E-state index < -0.39 is 4.92 Å². The van der Waals surface area contributed by atoms with Gasteiger partial charge in [0.15, 0.2) is 5.78 Å². The van der Waals surface area contributed by atoms with Crippen molar-refractivity contribution < 1.29 is 14.5 Å². The zero-order valence-electron chi connectivity index (χ0n) is 16.3. The molecule has 0 bridgehead atoms. The average Bonchev–Trinajstić information content (AvgIpc) is 2.73. The number of Topliss-reactive ketones (excluding diaryl/α,β-unsaturated/α-hetero) is 1. The fourth-order valence-corrected chi connectivity index (χ4v) is 3.09. The minimum atomic E-state index is -0.438. The molecule has 3 aromatic carbocycles. The number of non-ortho nitro benzene ring substituents is 1. The van der Waals surface area contributed by atoms with Crippen molar-refractivity contribution in [3.05, 3.63) is 99.6 Å². The molecule has 0 spiro atoms. The van der Waals surface area contributed by atoms with Gasteiger partial charge in [-0.05, 0) is 42.8 Å². The number of nitrogens with zero attached hydrogens (tertiary/aromatic N) is 1. The summed E-state index contributed by atoms with van der Waals surface area (Å²) in [6.07, 6.45) is 0.243. The molecule has 1 unspecified atom stereocenters. The van der Waals surface area contributed by atoms with Crippen LogP contribution >= 0.6 is 0 Å². The molecule has 29 heavy (non-hydrogen) atoms. The van der Waals surface area contributed by atoms with Crippen molar-refractivity contribution in [2.45, 2.75) is 19.4 Å². The Morgan fingerprint density at radius 2 is 1.76 bits per heavy atom. The van der Waals surface area contributed by atoms with Crippen molar-refractivity contribution in [2.75, 3.05) is 12.4 Å². The molecule has 1 N–H and O–H groups in total. The highest BCUT2D eigenvalue weighted by Crippen LogP contribution is 2.27. The van der Waals surface area contributed by atoms with Gasteiger partial charge in [0.25, 0.3) is 5.69 Å². The first kappa shape index (κ1) is 20.1. The molecule has 0 radical (unpaired) electrons. The van der Waals surface area contributed by atoms with E-state index in [1.807, 2.05) is 55.5 Å². The molecule has 0 aliphatic carbocycles. The number of ketones is 1. The normalized spacial score (nSPS) is 11.5. The van der Waals surface area contributed by atoms with Gasteiger partial charge in [0, 0.05) is 29.8 Å². The number of ether oxygens (including phenoxy) is 1. The number of nitro groups is 1. The zero-order valence-corrected chi connectivity index (χ0v) is 16.3. The highest BCUT2D eigenvalue weighted by molar-refractivity contribution is 5.96. The maximum Gasteiger partial charge on any atom is 0.269 e. The van der Waals surface area contributed by atoms with E-state index in [9.17, 15) is 14.9 Å². The van der Waals surface area contributed by atoms with Crippen molar-refractivity contribution in [3.63, 3.8) is 0 Å². The lowest BCUT2D eigenvalue weighted by atomic mass is 9.96. The van der Waals surface area contributed by atoms with Crippen molar-refractivity contribution in [1.29, 1.82) is 0 Å². The van der Waals surface area contributed by atoms with Gasteiger partial charge in [0.1, 0.15) is 5.75 Å². The number of anilines is 1. The molecule has 6 heteroatoms. The summed E-state index contributed by atoms with van der Waals surface area (Å²) in [4.78, 5) is 23.3. The molecule has 6 nitrogen and oxygen atoms in total. The van der Waals surface area contributed by atoms with Crippen LogP contribution in [0.3, 0.4) is 0 Å². The van der Waals surface area contributed by atoms with Gasteiger partial charge in [-0.25, -0.2) is 0 Å². The Morgan fingerprint density at radius 3 is 2.34 bits per heavy atom. The maximum atomic E-state index is 12.9. The lowest BCUT2D eigenvalue weighted by Gasteiger charge is -2.20. The summed E-state index contributed by atoms with van der Waals surface area (Å²) >= 11 is 0. The van der Waals surface area contributed by atoms with Crippen LogP contribution in [0.15, 0.2) is 72.8 Å². The Bertz CT molecular complexity index is 998. The van der Waals surface area contributed by atoms with Crippen LogP contribution in [0.2, 0.25) is 0 Å². The van der Waals surface area contributed by atoms with E-state index in [1.165, 1.54) is 12.1 Å². The minimum absolute atomic E-state index is 0.0175. The first-order valence-corrected chi connectivity index (χ1v) is 9.21. The summed E-state index contributed by atoms with van der Waals surface area (Å²) < 4.78 is 5.22. The lowest BCUT2D eigenvalue weighted by molar-refractivity contribution is -0.384. The molecule has 0 aromatic heterocycles. The molecule has 0 saturated heterocycles. The summed E-state index contributed by atoms with van der Waals surface area (Å²) in [5, 5.41) is 14.2. The number of hydrogen-bond acceptors (Lipinski definition) is 5. The van der Waals surface area contributed by atoms with Gasteiger partial charge in [0.2, 0.25) is 0 Å². The van der Waals surface area contributed by atoms with Gasteiger partial charge in [-0.3, -0.25) is 14.9 Å². The number of carbonyl (C=O) groups excluding carboxylic acids is 1. The van der Waals surface area contributed by atoms with Gasteiger partial charge in [-0.1, -0.05) is 35.9 Å². The van der Waals surface area contributed by atoms with Crippen LogP contribution in [0, 0.1) is 17.0 Å². The van der Waals surface area contributed by atoms with Crippen LogP contribution in [0.4, 0.5) is 11.4 Å². The van der Waals surface area contributed by atoms with E-state index in [1.54, 1.807) is 19.2 Å². The minimum Gasteiger partial charge on any atom is -0.497 e. The molecule has 0 amide bonds. The second kappa shape index (κ2) is 9.01. The smallest absolute Gasteiger partial charge is 0.269 e. The van der Waals surface area contributed by atoms with Crippen LogP contribution in [0.25, 0.3) is 0 Å².